The molecule has 0 radical (unpaired) electrons. The summed E-state index contributed by atoms with van der Waals surface area (Å²) in [4.78, 5) is 23.7. The number of hydrogen-bond acceptors (Lipinski definition) is 9. The van der Waals surface area contributed by atoms with Crippen molar-refractivity contribution in [3.63, 3.8) is 0 Å². The van der Waals surface area contributed by atoms with Gasteiger partial charge in [-0.2, -0.15) is 0 Å². The maximum atomic E-state index is 12.4. The average Bonchev–Trinajstić information content (AvgIpc) is 3.06. The third kappa shape index (κ3) is 5.33. The van der Waals surface area contributed by atoms with Crippen LogP contribution in [-0.2, 0) is 9.53 Å². The number of aromatic nitrogens is 2. The van der Waals surface area contributed by atoms with Crippen molar-refractivity contribution in [1.29, 1.82) is 0 Å². The summed E-state index contributed by atoms with van der Waals surface area (Å²) in [6, 6.07) is 4.89. The van der Waals surface area contributed by atoms with E-state index in [2.05, 4.69) is 15.5 Å². The highest BCUT2D eigenvalue weighted by molar-refractivity contribution is 8.01. The summed E-state index contributed by atoms with van der Waals surface area (Å²) in [5.41, 5.74) is 0.347. The fraction of sp³-hybridized carbons (Fsp3) is 0.333. The van der Waals surface area contributed by atoms with E-state index in [1.807, 2.05) is 0 Å². The van der Waals surface area contributed by atoms with Gasteiger partial charge in [0.05, 0.1) is 32.1 Å². The van der Waals surface area contributed by atoms with Crippen molar-refractivity contribution < 1.29 is 23.8 Å². The Labute approximate surface area is 152 Å². The van der Waals surface area contributed by atoms with Crippen LogP contribution in [0.15, 0.2) is 22.5 Å². The third-order valence-electron chi connectivity index (χ3n) is 2.90. The molecule has 2 rings (SSSR count). The van der Waals surface area contributed by atoms with E-state index in [1.54, 1.807) is 25.1 Å². The Kier molecular flexibility index (Phi) is 7.02. The third-order valence-corrected chi connectivity index (χ3v) is 4.84. The first kappa shape index (κ1) is 19.0. The van der Waals surface area contributed by atoms with Crippen LogP contribution in [0.5, 0.6) is 11.5 Å². The van der Waals surface area contributed by atoms with E-state index in [0.29, 0.717) is 33.1 Å². The van der Waals surface area contributed by atoms with Crippen LogP contribution in [0, 0.1) is 0 Å². The van der Waals surface area contributed by atoms with Crippen molar-refractivity contribution in [2.45, 2.75) is 11.3 Å². The standard InChI is InChI=1S/C15H17N3O5S2/c1-4-23-12(19)8-24-15-18-17-14(25-15)16-13(20)10-6-5-9(21-2)7-11(10)22-3/h5-7H,4,8H2,1-3H3,(H,16,17,20). The van der Waals surface area contributed by atoms with Crippen LogP contribution in [0.1, 0.15) is 17.3 Å². The number of carbonyl (C=O) groups is 2. The van der Waals surface area contributed by atoms with Crippen LogP contribution in [-0.4, -0.2) is 48.7 Å². The molecule has 0 unspecified atom stereocenters. The molecule has 0 fully saturated rings. The predicted molar refractivity (Wildman–Crippen MR) is 94.8 cm³/mol. The molecule has 0 spiro atoms. The molecule has 0 bridgehead atoms. The van der Waals surface area contributed by atoms with Crippen molar-refractivity contribution >= 4 is 40.1 Å². The van der Waals surface area contributed by atoms with Crippen LogP contribution in [0.2, 0.25) is 0 Å². The summed E-state index contributed by atoms with van der Waals surface area (Å²) in [5, 5.41) is 10.8. The predicted octanol–water partition coefficient (Wildman–Crippen LogP) is 2.46. The highest BCUT2D eigenvalue weighted by Gasteiger charge is 2.16. The maximum absolute atomic E-state index is 12.4. The van der Waals surface area contributed by atoms with Gasteiger partial charge in [-0.3, -0.25) is 14.9 Å². The highest BCUT2D eigenvalue weighted by Crippen LogP contribution is 2.28. The number of nitrogens with one attached hydrogen (secondary N) is 1. The minimum atomic E-state index is -0.377. The van der Waals surface area contributed by atoms with Gasteiger partial charge in [0.1, 0.15) is 11.5 Å². The average molecular weight is 383 g/mol. The van der Waals surface area contributed by atoms with Crippen molar-refractivity contribution in [2.24, 2.45) is 0 Å². The second-order valence-corrected chi connectivity index (χ2v) is 6.69. The molecule has 10 heteroatoms. The van der Waals surface area contributed by atoms with Crippen LogP contribution in [0.3, 0.4) is 0 Å². The van der Waals surface area contributed by atoms with Crippen LogP contribution in [0.4, 0.5) is 5.13 Å². The van der Waals surface area contributed by atoms with Gasteiger partial charge in [-0.15, -0.1) is 10.2 Å². The number of anilines is 1. The Bertz CT molecular complexity index is 751. The summed E-state index contributed by atoms with van der Waals surface area (Å²) in [6.45, 7) is 2.08. The number of ether oxygens (including phenoxy) is 3. The van der Waals surface area contributed by atoms with E-state index in [-0.39, 0.29) is 17.6 Å². The van der Waals surface area contributed by atoms with Gasteiger partial charge in [0.2, 0.25) is 5.13 Å². The van der Waals surface area contributed by atoms with Crippen LogP contribution >= 0.6 is 23.1 Å². The molecule has 1 N–H and O–H groups in total. The molecule has 1 aromatic heterocycles. The summed E-state index contributed by atoms with van der Waals surface area (Å²) in [5.74, 6) is 0.414. The number of esters is 1. The number of benzene rings is 1. The van der Waals surface area contributed by atoms with Gasteiger partial charge in [0.15, 0.2) is 4.34 Å². The van der Waals surface area contributed by atoms with E-state index in [1.165, 1.54) is 37.3 Å². The lowest BCUT2D eigenvalue weighted by Gasteiger charge is -2.09. The molecule has 1 aromatic carbocycles. The molecule has 8 nitrogen and oxygen atoms in total. The first-order chi connectivity index (χ1) is 12.1. The Hall–Kier alpha value is -2.33. The molecular weight excluding hydrogens is 366 g/mol. The molecule has 0 saturated carbocycles. The lowest BCUT2D eigenvalue weighted by Crippen LogP contribution is -2.13. The van der Waals surface area contributed by atoms with E-state index < -0.39 is 0 Å². The second-order valence-electron chi connectivity index (χ2n) is 4.49. The van der Waals surface area contributed by atoms with Gasteiger partial charge < -0.3 is 14.2 Å². The Balaban J connectivity index is 2.00. The van der Waals surface area contributed by atoms with Crippen LogP contribution in [0.25, 0.3) is 0 Å². The summed E-state index contributed by atoms with van der Waals surface area (Å²) < 4.78 is 15.7. The van der Waals surface area contributed by atoms with Gasteiger partial charge in [0, 0.05) is 6.07 Å². The second kappa shape index (κ2) is 9.23. The first-order valence-corrected chi connectivity index (χ1v) is 9.02. The van der Waals surface area contributed by atoms with E-state index >= 15 is 0 Å². The lowest BCUT2D eigenvalue weighted by molar-refractivity contribution is -0.139. The van der Waals surface area contributed by atoms with Gasteiger partial charge in [-0.25, -0.2) is 0 Å². The van der Waals surface area contributed by atoms with Gasteiger partial charge in [-0.1, -0.05) is 23.1 Å². The minimum absolute atomic E-state index is 0.142. The van der Waals surface area contributed by atoms with Gasteiger partial charge in [-0.05, 0) is 19.1 Å². The fourth-order valence-corrected chi connectivity index (χ4v) is 3.34. The highest BCUT2D eigenvalue weighted by atomic mass is 32.2. The molecule has 0 saturated heterocycles. The van der Waals surface area contributed by atoms with E-state index in [4.69, 9.17) is 14.2 Å². The minimum Gasteiger partial charge on any atom is -0.497 e. The molecule has 25 heavy (non-hydrogen) atoms. The summed E-state index contributed by atoms with van der Waals surface area (Å²) in [7, 11) is 3.01. The van der Waals surface area contributed by atoms with E-state index in [9.17, 15) is 9.59 Å². The molecule has 1 amide bonds. The molecule has 0 aliphatic carbocycles. The summed E-state index contributed by atoms with van der Waals surface area (Å²) in [6.07, 6.45) is 0. The number of carbonyl (C=O) groups excluding carboxylic acids is 2. The smallest absolute Gasteiger partial charge is 0.316 e. The molecule has 1 heterocycles. The molecule has 0 atom stereocenters. The Morgan fingerprint density at radius 3 is 2.72 bits per heavy atom. The van der Waals surface area contributed by atoms with Crippen molar-refractivity contribution in [1.82, 2.24) is 10.2 Å². The van der Waals surface area contributed by atoms with Crippen LogP contribution < -0.4 is 14.8 Å². The molecule has 0 aliphatic rings. The first-order valence-electron chi connectivity index (χ1n) is 7.22. The number of methoxy groups -OCH3 is 2. The van der Waals surface area contributed by atoms with Crippen molar-refractivity contribution in [2.75, 3.05) is 31.9 Å². The van der Waals surface area contributed by atoms with Crippen molar-refractivity contribution in [3.8, 4) is 11.5 Å². The Morgan fingerprint density at radius 1 is 1.24 bits per heavy atom. The number of hydrogen-bond donors (Lipinski definition) is 1. The quantitative estimate of drug-likeness (QED) is 0.422. The fourth-order valence-electron chi connectivity index (χ4n) is 1.79. The largest absolute Gasteiger partial charge is 0.497 e. The number of rotatable bonds is 8. The van der Waals surface area contributed by atoms with Gasteiger partial charge in [0.25, 0.3) is 5.91 Å². The zero-order valence-corrected chi connectivity index (χ0v) is 15.5. The van der Waals surface area contributed by atoms with E-state index in [0.717, 1.165) is 0 Å². The number of nitrogens with zero attached hydrogens (tertiary/aromatic N) is 2. The molecule has 2 aromatic rings. The normalized spacial score (nSPS) is 10.2. The number of thioether (sulfide) groups is 1. The van der Waals surface area contributed by atoms with Gasteiger partial charge >= 0.3 is 5.97 Å². The maximum Gasteiger partial charge on any atom is 0.316 e. The molecule has 134 valence electrons. The Morgan fingerprint density at radius 2 is 2.04 bits per heavy atom. The zero-order chi connectivity index (χ0) is 18.2. The lowest BCUT2D eigenvalue weighted by atomic mass is 10.2. The zero-order valence-electron chi connectivity index (χ0n) is 13.9. The molecular formula is C15H17N3O5S2. The SMILES string of the molecule is CCOC(=O)CSc1nnc(NC(=O)c2ccc(OC)cc2OC)s1. The van der Waals surface area contributed by atoms with Crippen molar-refractivity contribution in [3.05, 3.63) is 23.8 Å². The molecule has 0 aliphatic heterocycles. The monoisotopic (exact) mass is 383 g/mol. The summed E-state index contributed by atoms with van der Waals surface area (Å²) >= 11 is 2.38. The topological polar surface area (TPSA) is 99.6 Å². The number of amides is 1.